The Balaban J connectivity index is 1.11. The van der Waals surface area contributed by atoms with Gasteiger partial charge in [0, 0.05) is 30.1 Å². The highest BCUT2D eigenvalue weighted by Gasteiger charge is 2.63. The minimum Gasteiger partial charge on any atom is -0.507 e. The Morgan fingerprint density at radius 1 is 0.905 bits per heavy atom. The van der Waals surface area contributed by atoms with E-state index in [0.717, 1.165) is 6.42 Å². The molecule has 0 unspecified atom stereocenters. The van der Waals surface area contributed by atoms with Crippen LogP contribution in [0.25, 0.3) is 0 Å². The van der Waals surface area contributed by atoms with Crippen LogP contribution in [0.5, 0.6) is 5.75 Å². The first-order valence-electron chi connectivity index (χ1n) is 23.7. The molecule has 2 spiro atoms. The smallest absolute Gasteiger partial charge is 0.337 e. The monoisotopic (exact) mass is 886 g/mol. The molecule has 5 aliphatic rings. The van der Waals surface area contributed by atoms with Gasteiger partial charge in [-0.3, -0.25) is 9.59 Å². The van der Waals surface area contributed by atoms with Crippen molar-refractivity contribution in [3.8, 4) is 5.75 Å². The van der Waals surface area contributed by atoms with Crippen LogP contribution in [0.15, 0.2) is 36.4 Å². The first-order valence-corrected chi connectivity index (χ1v) is 23.7. The predicted molar refractivity (Wildman–Crippen MR) is 233 cm³/mol. The molecule has 5 N–H and O–H groups in total. The van der Waals surface area contributed by atoms with Crippen LogP contribution in [-0.2, 0) is 38.1 Å². The molecule has 0 aliphatic carbocycles. The van der Waals surface area contributed by atoms with E-state index in [9.17, 15) is 34.8 Å². The average molecular weight is 886 g/mol. The summed E-state index contributed by atoms with van der Waals surface area (Å²) >= 11 is 0. The number of nitrogens with one attached hydrogen (secondary N) is 1. The zero-order valence-corrected chi connectivity index (χ0v) is 39.1. The summed E-state index contributed by atoms with van der Waals surface area (Å²) in [7, 11) is 0. The molecule has 4 saturated heterocycles. The number of carbonyl (C=O) groups excluding carboxylic acids is 3. The van der Waals surface area contributed by atoms with Gasteiger partial charge in [-0.15, -0.1) is 0 Å². The van der Waals surface area contributed by atoms with Gasteiger partial charge >= 0.3 is 5.97 Å². The van der Waals surface area contributed by atoms with E-state index >= 15 is 0 Å². The third-order valence-electron chi connectivity index (χ3n) is 15.8. The zero-order chi connectivity index (χ0) is 46.2. The third-order valence-corrected chi connectivity index (χ3v) is 15.8. The van der Waals surface area contributed by atoms with Crippen LogP contribution in [0.2, 0.25) is 0 Å². The molecule has 6 rings (SSSR count). The van der Waals surface area contributed by atoms with Gasteiger partial charge < -0.3 is 48.9 Å². The fraction of sp³-hybridized carbons (Fsp3) is 0.776. The van der Waals surface area contributed by atoms with Crippen molar-refractivity contribution >= 4 is 17.7 Å². The molecule has 4 fully saturated rings. The number of aromatic hydroxyl groups is 1. The number of aliphatic hydroxyl groups excluding tert-OH is 2. The molecule has 5 aliphatic heterocycles. The van der Waals surface area contributed by atoms with Gasteiger partial charge in [-0.1, -0.05) is 67.5 Å². The number of ketones is 1. The quantitative estimate of drug-likeness (QED) is 0.104. The maximum absolute atomic E-state index is 14.6. The summed E-state index contributed by atoms with van der Waals surface area (Å²) in [6, 6.07) is 5.95. The number of hydrogen-bond acceptors (Lipinski definition) is 13. The topological polar surface area (TPSA) is 200 Å². The van der Waals surface area contributed by atoms with Gasteiger partial charge in [-0.2, -0.15) is 5.48 Å². The second-order valence-electron chi connectivity index (χ2n) is 19.9. The first-order chi connectivity index (χ1) is 29.7. The Hall–Kier alpha value is -2.95. The minimum absolute atomic E-state index is 0.0257. The zero-order valence-electron chi connectivity index (χ0n) is 39.1. The molecule has 1 aromatic carbocycles. The van der Waals surface area contributed by atoms with Crippen molar-refractivity contribution in [1.82, 2.24) is 5.48 Å². The number of hydrogen-bond donors (Lipinski definition) is 5. The number of Topliss-reactive ketones (excluding diaryl/α,β-unsaturated/α-hetero) is 1. The average Bonchev–Trinajstić information content (AvgIpc) is 3.61. The number of aliphatic hydroxyl groups is 3. The summed E-state index contributed by atoms with van der Waals surface area (Å²) < 4.78 is 33.8. The van der Waals surface area contributed by atoms with Crippen LogP contribution in [0.3, 0.4) is 0 Å². The molecule has 0 bridgehead atoms. The molecular weight excluding hydrogens is 811 g/mol. The lowest BCUT2D eigenvalue weighted by molar-refractivity contribution is -0.409. The summed E-state index contributed by atoms with van der Waals surface area (Å²) in [6.07, 6.45) is 4.66. The second kappa shape index (κ2) is 19.5. The van der Waals surface area contributed by atoms with Crippen molar-refractivity contribution in [2.24, 2.45) is 41.4 Å². The Morgan fingerprint density at radius 2 is 1.60 bits per heavy atom. The number of phenols is 1. The third kappa shape index (κ3) is 9.66. The van der Waals surface area contributed by atoms with Crippen LogP contribution in [0, 0.1) is 41.4 Å². The largest absolute Gasteiger partial charge is 0.507 e. The Morgan fingerprint density at radius 3 is 2.25 bits per heavy atom. The van der Waals surface area contributed by atoms with E-state index in [-0.39, 0.29) is 47.1 Å². The molecule has 1 amide bonds. The van der Waals surface area contributed by atoms with E-state index in [2.05, 4.69) is 19.3 Å². The number of rotatable bonds is 13. The minimum atomic E-state index is -1.40. The number of carbonyl (C=O) groups is 3. The predicted octanol–water partition coefficient (Wildman–Crippen LogP) is 6.70. The number of hydroxylamine groups is 1. The number of amides is 1. The highest BCUT2D eigenvalue weighted by atomic mass is 16.8. The Bertz CT molecular complexity index is 1810. The van der Waals surface area contributed by atoms with E-state index in [4.69, 9.17) is 28.5 Å². The van der Waals surface area contributed by atoms with E-state index in [1.165, 1.54) is 12.1 Å². The van der Waals surface area contributed by atoms with E-state index in [0.29, 0.717) is 57.8 Å². The van der Waals surface area contributed by atoms with Gasteiger partial charge in [0.25, 0.3) is 5.91 Å². The fourth-order valence-electron chi connectivity index (χ4n) is 11.4. The van der Waals surface area contributed by atoms with Crippen LogP contribution in [-0.4, -0.2) is 104 Å². The van der Waals surface area contributed by atoms with E-state index in [1.807, 2.05) is 48.5 Å². The molecule has 354 valence electrons. The van der Waals surface area contributed by atoms with Crippen LogP contribution >= 0.6 is 0 Å². The summed E-state index contributed by atoms with van der Waals surface area (Å²) in [5.74, 6) is -7.14. The molecule has 18 atom stereocenters. The van der Waals surface area contributed by atoms with E-state index in [1.54, 1.807) is 31.2 Å². The molecule has 0 saturated carbocycles. The van der Waals surface area contributed by atoms with Crippen molar-refractivity contribution in [1.29, 1.82) is 0 Å². The van der Waals surface area contributed by atoms with Crippen LogP contribution in [0.1, 0.15) is 144 Å². The highest BCUT2D eigenvalue weighted by molar-refractivity contribution is 5.96. The SMILES string of the molecule is CC[C@@H](C(=O)[C@@H](C)[C@@H](O)[C@H](C)[C@@H]1O[C@@H]([C@@H](CC)C(=O)ONC(=O)c2ccccc2O)CC[C@@H]1C)[C@H]1O[C@]2(C=C[C@@H](O)[C@]3(CC[C@@](C)([C@H]4CC[C@](O)(CC)[C@H](C)O4)O3)O2)[C@H](C)C[C@@H]1C. The molecule has 14 heteroatoms. The molecule has 1 aromatic rings. The van der Waals surface area contributed by atoms with Crippen molar-refractivity contribution in [2.75, 3.05) is 0 Å². The summed E-state index contributed by atoms with van der Waals surface area (Å²) in [5, 5.41) is 44.6. The van der Waals surface area contributed by atoms with Crippen molar-refractivity contribution in [2.45, 2.75) is 199 Å². The molecule has 14 nitrogen and oxygen atoms in total. The van der Waals surface area contributed by atoms with Crippen molar-refractivity contribution < 1.29 is 63.3 Å². The standard InChI is InChI=1S/C49H75NO13/c1-11-33(45(56)61-50-44(55)35-16-14-15-17-36(35)51)37-19-18-27(4)42(59-37)31(8)40(53)30(7)41(54)34(12-2)43-28(5)26-29(6)48(60-43)23-20-38(52)49(63-48)25-24-46(10,62-49)39-21-22-47(57,13-3)32(9)58-39/h14-17,20,23,27-34,37-40,42-43,51-53,57H,11-13,18-19,21-22,24-26H2,1-10H3,(H,50,55)/t27-,28-,29+,30-,31-,32-,33+,34-,37+,38+,39+,40+,42+,43-,46-,47+,48-,49-/m0/s1. The summed E-state index contributed by atoms with van der Waals surface area (Å²) in [6.45, 7) is 19.5. The van der Waals surface area contributed by atoms with Crippen LogP contribution in [0.4, 0.5) is 0 Å². The molecule has 0 aromatic heterocycles. The number of benzene rings is 1. The molecule has 63 heavy (non-hydrogen) atoms. The van der Waals surface area contributed by atoms with Crippen molar-refractivity contribution in [3.05, 3.63) is 42.0 Å². The molecule has 5 heterocycles. The van der Waals surface area contributed by atoms with Gasteiger partial charge in [-0.05, 0) is 108 Å². The van der Waals surface area contributed by atoms with Gasteiger partial charge in [-0.25, -0.2) is 4.79 Å². The maximum Gasteiger partial charge on any atom is 0.337 e. The lowest BCUT2D eigenvalue weighted by atomic mass is 9.72. The van der Waals surface area contributed by atoms with E-state index < -0.39 is 88.8 Å². The van der Waals surface area contributed by atoms with Gasteiger partial charge in [0.2, 0.25) is 5.79 Å². The van der Waals surface area contributed by atoms with Gasteiger partial charge in [0.1, 0.15) is 17.6 Å². The number of para-hydroxylation sites is 1. The summed E-state index contributed by atoms with van der Waals surface area (Å²) in [5.41, 5.74) is 0.447. The van der Waals surface area contributed by atoms with Gasteiger partial charge in [0.15, 0.2) is 5.79 Å². The Labute approximate surface area is 373 Å². The fourth-order valence-corrected chi connectivity index (χ4v) is 11.4. The summed E-state index contributed by atoms with van der Waals surface area (Å²) in [4.78, 5) is 45.8. The lowest BCUT2D eigenvalue weighted by Crippen LogP contribution is -2.63. The first kappa shape index (κ1) is 49.5. The second-order valence-corrected chi connectivity index (χ2v) is 19.9. The number of ether oxygens (including phenoxy) is 5. The molecular formula is C49H75NO13. The number of phenolic OH excluding ortho intramolecular Hbond substituents is 1. The Kier molecular flexibility index (Phi) is 15.3. The highest BCUT2D eigenvalue weighted by Crippen LogP contribution is 2.54. The molecule has 0 radical (unpaired) electrons. The van der Waals surface area contributed by atoms with Gasteiger partial charge in [0.05, 0.1) is 59.3 Å². The lowest BCUT2D eigenvalue weighted by Gasteiger charge is -2.54. The maximum atomic E-state index is 14.6. The van der Waals surface area contributed by atoms with Crippen molar-refractivity contribution in [3.63, 3.8) is 0 Å². The normalized spacial score (nSPS) is 40.5. The van der Waals surface area contributed by atoms with Crippen LogP contribution < -0.4 is 5.48 Å².